The summed E-state index contributed by atoms with van der Waals surface area (Å²) in [4.78, 5) is 18.0. The lowest BCUT2D eigenvalue weighted by atomic mass is 10.1. The summed E-state index contributed by atoms with van der Waals surface area (Å²) >= 11 is 0. The number of aromatic nitrogens is 4. The van der Waals surface area contributed by atoms with Gasteiger partial charge in [-0.2, -0.15) is 5.10 Å². The van der Waals surface area contributed by atoms with Crippen molar-refractivity contribution in [2.24, 2.45) is 0 Å². The molecule has 0 unspecified atom stereocenters. The van der Waals surface area contributed by atoms with E-state index in [1.807, 2.05) is 18.2 Å². The Labute approximate surface area is 78.4 Å². The van der Waals surface area contributed by atoms with Crippen LogP contribution in [0, 0.1) is 0 Å². The molecule has 0 atom stereocenters. The summed E-state index contributed by atoms with van der Waals surface area (Å²) < 4.78 is 1.54. The van der Waals surface area contributed by atoms with Crippen LogP contribution in [-0.4, -0.2) is 19.6 Å². The highest BCUT2D eigenvalue weighted by Crippen LogP contribution is 2.19. The van der Waals surface area contributed by atoms with Gasteiger partial charge in [0.2, 0.25) is 0 Å². The van der Waals surface area contributed by atoms with Crippen molar-refractivity contribution in [1.29, 1.82) is 0 Å². The van der Waals surface area contributed by atoms with Gasteiger partial charge in [0.25, 0.3) is 5.56 Å². The van der Waals surface area contributed by atoms with Crippen molar-refractivity contribution < 1.29 is 0 Å². The van der Waals surface area contributed by atoms with Crippen molar-refractivity contribution in [3.8, 4) is 0 Å². The minimum Gasteiger partial charge on any atom is -0.310 e. The van der Waals surface area contributed by atoms with E-state index in [1.54, 1.807) is 0 Å². The zero-order valence-corrected chi connectivity index (χ0v) is 7.14. The molecule has 14 heavy (non-hydrogen) atoms. The highest BCUT2D eigenvalue weighted by molar-refractivity contribution is 5.78. The molecular weight excluding hydrogens is 180 g/mol. The highest BCUT2D eigenvalue weighted by Gasteiger charge is 2.11. The second-order valence-electron chi connectivity index (χ2n) is 2.98. The van der Waals surface area contributed by atoms with E-state index in [0.29, 0.717) is 11.3 Å². The number of hydrogen-bond acceptors (Lipinski definition) is 3. The van der Waals surface area contributed by atoms with Gasteiger partial charge in [-0.05, 0) is 0 Å². The fourth-order valence-corrected chi connectivity index (χ4v) is 1.37. The highest BCUT2D eigenvalue weighted by atomic mass is 16.1. The lowest BCUT2D eigenvalue weighted by molar-refractivity contribution is 0.865. The van der Waals surface area contributed by atoms with Crippen molar-refractivity contribution in [2.75, 3.05) is 0 Å². The fourth-order valence-electron chi connectivity index (χ4n) is 1.37. The zero-order valence-electron chi connectivity index (χ0n) is 7.14. The van der Waals surface area contributed by atoms with Crippen LogP contribution in [0.5, 0.6) is 0 Å². The first-order valence-electron chi connectivity index (χ1n) is 4.16. The van der Waals surface area contributed by atoms with Crippen molar-refractivity contribution in [3.05, 3.63) is 46.9 Å². The maximum atomic E-state index is 11.3. The van der Waals surface area contributed by atoms with E-state index in [4.69, 9.17) is 0 Å². The molecule has 0 aromatic carbocycles. The van der Waals surface area contributed by atoms with Crippen LogP contribution in [0.25, 0.3) is 11.1 Å². The van der Waals surface area contributed by atoms with Crippen molar-refractivity contribution >= 4 is 11.1 Å². The molecule has 2 aromatic heterocycles. The number of fused-ring (bicyclic) bond motifs is 1. The molecule has 0 amide bonds. The molecule has 2 aromatic rings. The van der Waals surface area contributed by atoms with Gasteiger partial charge >= 0.3 is 0 Å². The molecule has 0 saturated carbocycles. The molecule has 5 heteroatoms. The van der Waals surface area contributed by atoms with E-state index >= 15 is 0 Å². The van der Waals surface area contributed by atoms with Crippen molar-refractivity contribution in [3.63, 3.8) is 0 Å². The van der Waals surface area contributed by atoms with Crippen LogP contribution in [-0.2, 0) is 0 Å². The third kappa shape index (κ3) is 0.806. The Morgan fingerprint density at radius 3 is 3.00 bits per heavy atom. The summed E-state index contributed by atoms with van der Waals surface area (Å²) in [5.41, 5.74) is 1.27. The number of aromatic amines is 1. The number of rotatable bonds is 1. The standard InChI is InChI=1S/C9H6N4O/c14-9-7-4-10-8(6-2-1-3-6)13(7)12-5-11-9/h1-5H,(H,11,12,14). The number of H-pyrrole nitrogens is 1. The predicted octanol–water partition coefficient (Wildman–Crippen LogP) is 0.371. The van der Waals surface area contributed by atoms with Gasteiger partial charge in [0, 0.05) is 5.57 Å². The number of nitrogens with one attached hydrogen (secondary N) is 1. The van der Waals surface area contributed by atoms with Gasteiger partial charge in [0.05, 0.1) is 6.20 Å². The van der Waals surface area contributed by atoms with Crippen LogP contribution in [0.2, 0.25) is 0 Å². The smallest absolute Gasteiger partial charge is 0.276 e. The fraction of sp³-hybridized carbons (Fsp3) is 0. The maximum absolute atomic E-state index is 11.3. The average Bonchev–Trinajstić information content (AvgIpc) is 2.48. The molecule has 0 radical (unpaired) electrons. The minimum atomic E-state index is -0.178. The molecule has 68 valence electrons. The Balaban J connectivity index is 2.37. The van der Waals surface area contributed by atoms with E-state index in [0.717, 1.165) is 5.57 Å². The summed E-state index contributed by atoms with van der Waals surface area (Å²) in [7, 11) is 0. The lowest BCUT2D eigenvalue weighted by Gasteiger charge is -2.04. The Hall–Kier alpha value is -2.17. The second kappa shape index (κ2) is 2.41. The first kappa shape index (κ1) is 7.25. The van der Waals surface area contributed by atoms with E-state index in [9.17, 15) is 4.79 Å². The Kier molecular flexibility index (Phi) is 1.25. The minimum absolute atomic E-state index is 0.178. The third-order valence-electron chi connectivity index (χ3n) is 2.15. The van der Waals surface area contributed by atoms with Crippen molar-refractivity contribution in [1.82, 2.24) is 19.6 Å². The summed E-state index contributed by atoms with van der Waals surface area (Å²) in [6, 6.07) is 0. The molecule has 1 N–H and O–H groups in total. The molecule has 2 heterocycles. The second-order valence-corrected chi connectivity index (χ2v) is 2.98. The number of imidazole rings is 1. The Morgan fingerprint density at radius 2 is 2.29 bits per heavy atom. The third-order valence-corrected chi connectivity index (χ3v) is 2.15. The quantitative estimate of drug-likeness (QED) is 0.699. The molecule has 1 aliphatic carbocycles. The lowest BCUT2D eigenvalue weighted by Crippen LogP contribution is -2.11. The van der Waals surface area contributed by atoms with E-state index in [2.05, 4.69) is 15.1 Å². The van der Waals surface area contributed by atoms with E-state index < -0.39 is 0 Å². The summed E-state index contributed by atoms with van der Waals surface area (Å²) in [6.07, 6.45) is 8.66. The molecule has 0 fully saturated rings. The number of hydrogen-bond donors (Lipinski definition) is 1. The van der Waals surface area contributed by atoms with Gasteiger partial charge in [-0.15, -0.1) is 0 Å². The molecule has 0 saturated heterocycles. The monoisotopic (exact) mass is 186 g/mol. The SMILES string of the molecule is O=c1[nH]cnn2c(C3=CC=C3)ncc12. The average molecular weight is 186 g/mol. The van der Waals surface area contributed by atoms with Crippen LogP contribution in [0.15, 0.2) is 35.5 Å². The van der Waals surface area contributed by atoms with Gasteiger partial charge in [0.15, 0.2) is 11.3 Å². The molecule has 5 nitrogen and oxygen atoms in total. The van der Waals surface area contributed by atoms with Gasteiger partial charge in [-0.1, -0.05) is 18.2 Å². The molecule has 0 spiro atoms. The topological polar surface area (TPSA) is 63.0 Å². The van der Waals surface area contributed by atoms with Gasteiger partial charge in [-0.3, -0.25) is 4.79 Å². The van der Waals surface area contributed by atoms with Crippen LogP contribution >= 0.6 is 0 Å². The summed E-state index contributed by atoms with van der Waals surface area (Å²) in [5.74, 6) is 0.702. The van der Waals surface area contributed by atoms with Gasteiger partial charge < -0.3 is 4.98 Å². The Morgan fingerprint density at radius 1 is 1.43 bits per heavy atom. The maximum Gasteiger partial charge on any atom is 0.276 e. The van der Waals surface area contributed by atoms with Crippen LogP contribution in [0.4, 0.5) is 0 Å². The van der Waals surface area contributed by atoms with Crippen LogP contribution in [0.1, 0.15) is 5.82 Å². The van der Waals surface area contributed by atoms with Gasteiger partial charge in [-0.25, -0.2) is 9.50 Å². The molecule has 0 bridgehead atoms. The van der Waals surface area contributed by atoms with Gasteiger partial charge in [0.1, 0.15) is 6.33 Å². The molecular formula is C9H6N4O. The first-order chi connectivity index (χ1) is 6.86. The summed E-state index contributed by atoms with van der Waals surface area (Å²) in [5, 5.41) is 4.03. The molecule has 0 aliphatic heterocycles. The normalized spacial score (nSPS) is 14.1. The zero-order chi connectivity index (χ0) is 9.54. The molecule has 1 aliphatic rings. The van der Waals surface area contributed by atoms with E-state index in [1.165, 1.54) is 17.0 Å². The van der Waals surface area contributed by atoms with Crippen molar-refractivity contribution in [2.45, 2.75) is 0 Å². The predicted molar refractivity (Wildman–Crippen MR) is 50.7 cm³/mol. The van der Waals surface area contributed by atoms with Crippen LogP contribution < -0.4 is 5.56 Å². The largest absolute Gasteiger partial charge is 0.310 e. The molecule has 3 rings (SSSR count). The first-order valence-corrected chi connectivity index (χ1v) is 4.16. The number of nitrogens with zero attached hydrogens (tertiary/aromatic N) is 3. The number of allylic oxidation sites excluding steroid dienone is 4. The Bertz CT molecular complexity index is 617. The summed E-state index contributed by atoms with van der Waals surface area (Å²) in [6.45, 7) is 0. The van der Waals surface area contributed by atoms with Crippen LogP contribution in [0.3, 0.4) is 0 Å². The van der Waals surface area contributed by atoms with E-state index in [-0.39, 0.29) is 5.56 Å².